The molecule has 22 heavy (non-hydrogen) atoms. The average Bonchev–Trinajstić information content (AvgIpc) is 2.51. The molecule has 5 N–H and O–H groups in total. The van der Waals surface area contributed by atoms with Gasteiger partial charge in [0.05, 0.1) is 6.61 Å². The molecule has 0 fully saturated rings. The van der Waals surface area contributed by atoms with E-state index < -0.39 is 6.09 Å². The van der Waals surface area contributed by atoms with Crippen LogP contribution in [0.2, 0.25) is 0 Å². The van der Waals surface area contributed by atoms with Crippen molar-refractivity contribution in [3.05, 3.63) is 59.7 Å². The number of rotatable bonds is 6. The zero-order chi connectivity index (χ0) is 15.8. The number of nitrogens with two attached hydrogens (primary N) is 2. The van der Waals surface area contributed by atoms with E-state index in [2.05, 4.69) is 5.32 Å². The lowest BCUT2D eigenvalue weighted by atomic mass is 10.1. The fourth-order valence-corrected chi connectivity index (χ4v) is 1.99. The Morgan fingerprint density at radius 3 is 1.91 bits per heavy atom. The minimum Gasteiger partial charge on any atom is -0.449 e. The van der Waals surface area contributed by atoms with Crippen LogP contribution in [-0.2, 0) is 17.6 Å². The first kappa shape index (κ1) is 15.7. The summed E-state index contributed by atoms with van der Waals surface area (Å²) in [5.74, 6) is 0. The highest BCUT2D eigenvalue weighted by Gasteiger charge is 2.02. The van der Waals surface area contributed by atoms with Crippen molar-refractivity contribution >= 4 is 17.5 Å². The topological polar surface area (TPSA) is 90.4 Å². The van der Waals surface area contributed by atoms with Gasteiger partial charge in [-0.05, 0) is 41.8 Å². The van der Waals surface area contributed by atoms with Crippen molar-refractivity contribution in [2.24, 2.45) is 0 Å². The van der Waals surface area contributed by atoms with Crippen molar-refractivity contribution in [2.45, 2.75) is 12.8 Å². The van der Waals surface area contributed by atoms with Crippen molar-refractivity contribution in [3.8, 4) is 0 Å². The van der Waals surface area contributed by atoms with Crippen LogP contribution in [-0.4, -0.2) is 19.2 Å². The van der Waals surface area contributed by atoms with Gasteiger partial charge in [0.25, 0.3) is 0 Å². The third kappa shape index (κ3) is 5.36. The molecular weight excluding hydrogens is 278 g/mol. The van der Waals surface area contributed by atoms with Gasteiger partial charge in [-0.1, -0.05) is 24.3 Å². The molecule has 0 unspecified atom stereocenters. The van der Waals surface area contributed by atoms with Gasteiger partial charge >= 0.3 is 6.09 Å². The summed E-state index contributed by atoms with van der Waals surface area (Å²) in [6, 6.07) is 15.1. The highest BCUT2D eigenvalue weighted by molar-refractivity contribution is 5.67. The zero-order valence-electron chi connectivity index (χ0n) is 12.4. The van der Waals surface area contributed by atoms with Gasteiger partial charge in [-0.15, -0.1) is 0 Å². The Balaban J connectivity index is 1.61. The van der Waals surface area contributed by atoms with Gasteiger partial charge in [0.15, 0.2) is 0 Å². The molecule has 2 rings (SSSR count). The monoisotopic (exact) mass is 299 g/mol. The van der Waals surface area contributed by atoms with E-state index in [0.29, 0.717) is 19.6 Å². The fourth-order valence-electron chi connectivity index (χ4n) is 1.99. The number of amides is 1. The Morgan fingerprint density at radius 1 is 0.864 bits per heavy atom. The van der Waals surface area contributed by atoms with Crippen LogP contribution in [0.1, 0.15) is 11.1 Å². The van der Waals surface area contributed by atoms with Crippen LogP contribution in [0.15, 0.2) is 48.5 Å². The summed E-state index contributed by atoms with van der Waals surface area (Å²) >= 11 is 0. The molecule has 0 radical (unpaired) electrons. The molecule has 0 saturated heterocycles. The fraction of sp³-hybridized carbons (Fsp3) is 0.235. The van der Waals surface area contributed by atoms with Gasteiger partial charge in [-0.25, -0.2) is 4.79 Å². The van der Waals surface area contributed by atoms with Crippen molar-refractivity contribution < 1.29 is 9.53 Å². The summed E-state index contributed by atoms with van der Waals surface area (Å²) < 4.78 is 5.13. The Bertz CT molecular complexity index is 541. The molecule has 0 aliphatic rings. The van der Waals surface area contributed by atoms with Gasteiger partial charge in [0.1, 0.15) is 0 Å². The number of ether oxygens (including phenoxy) is 1. The molecule has 5 heteroatoms. The van der Waals surface area contributed by atoms with Gasteiger partial charge < -0.3 is 21.5 Å². The SMILES string of the molecule is Nc1ccc(CCNC(=O)OCCc2ccc(N)cc2)cc1. The second kappa shape index (κ2) is 7.93. The second-order valence-corrected chi connectivity index (χ2v) is 5.05. The number of hydrogen-bond donors (Lipinski definition) is 3. The molecule has 0 saturated carbocycles. The van der Waals surface area contributed by atoms with E-state index in [1.54, 1.807) is 0 Å². The maximum Gasteiger partial charge on any atom is 0.407 e. The van der Waals surface area contributed by atoms with Gasteiger partial charge in [-0.3, -0.25) is 0 Å². The number of nitrogens with one attached hydrogen (secondary N) is 1. The van der Waals surface area contributed by atoms with Crippen molar-refractivity contribution in [2.75, 3.05) is 24.6 Å². The molecular formula is C17H21N3O2. The smallest absolute Gasteiger partial charge is 0.407 e. The molecule has 5 nitrogen and oxygen atoms in total. The molecule has 0 aliphatic heterocycles. The summed E-state index contributed by atoms with van der Waals surface area (Å²) in [4.78, 5) is 11.6. The van der Waals surface area contributed by atoms with Crippen LogP contribution in [0.25, 0.3) is 0 Å². The average molecular weight is 299 g/mol. The molecule has 0 aliphatic carbocycles. The minimum atomic E-state index is -0.397. The number of nitrogen functional groups attached to an aromatic ring is 2. The van der Waals surface area contributed by atoms with Crippen LogP contribution in [0, 0.1) is 0 Å². The van der Waals surface area contributed by atoms with E-state index in [1.807, 2.05) is 48.5 Å². The third-order valence-electron chi connectivity index (χ3n) is 3.27. The molecule has 0 aromatic heterocycles. The molecule has 2 aromatic carbocycles. The predicted octanol–water partition coefficient (Wildman–Crippen LogP) is 2.36. The Hall–Kier alpha value is -2.69. The highest BCUT2D eigenvalue weighted by Crippen LogP contribution is 2.07. The van der Waals surface area contributed by atoms with E-state index in [0.717, 1.165) is 28.9 Å². The minimum absolute atomic E-state index is 0.345. The number of anilines is 2. The quantitative estimate of drug-likeness (QED) is 0.714. The van der Waals surface area contributed by atoms with Crippen LogP contribution in [0.5, 0.6) is 0 Å². The predicted molar refractivity (Wildman–Crippen MR) is 88.5 cm³/mol. The van der Waals surface area contributed by atoms with E-state index >= 15 is 0 Å². The van der Waals surface area contributed by atoms with Gasteiger partial charge in [-0.2, -0.15) is 0 Å². The van der Waals surface area contributed by atoms with Crippen LogP contribution >= 0.6 is 0 Å². The number of alkyl carbamates (subject to hydrolysis) is 1. The normalized spacial score (nSPS) is 10.2. The lowest BCUT2D eigenvalue weighted by Crippen LogP contribution is -2.27. The first-order valence-electron chi connectivity index (χ1n) is 7.23. The van der Waals surface area contributed by atoms with Crippen molar-refractivity contribution in [1.82, 2.24) is 5.32 Å². The first-order chi connectivity index (χ1) is 10.6. The Labute approximate surface area is 130 Å². The standard InChI is InChI=1S/C17H21N3O2/c18-15-5-1-13(2-6-15)9-11-20-17(21)22-12-10-14-3-7-16(19)8-4-14/h1-8H,9-12,18-19H2,(H,20,21). The summed E-state index contributed by atoms with van der Waals surface area (Å²) in [5, 5.41) is 2.73. The second-order valence-electron chi connectivity index (χ2n) is 5.05. The number of hydrogen-bond acceptors (Lipinski definition) is 4. The largest absolute Gasteiger partial charge is 0.449 e. The molecule has 0 bridgehead atoms. The lowest BCUT2D eigenvalue weighted by Gasteiger charge is -2.07. The van der Waals surface area contributed by atoms with Gasteiger partial charge in [0.2, 0.25) is 0 Å². The Morgan fingerprint density at radius 2 is 1.36 bits per heavy atom. The number of carbonyl (C=O) groups is 1. The van der Waals surface area contributed by atoms with Crippen molar-refractivity contribution in [3.63, 3.8) is 0 Å². The molecule has 0 heterocycles. The van der Waals surface area contributed by atoms with E-state index in [9.17, 15) is 4.79 Å². The molecule has 0 spiro atoms. The van der Waals surface area contributed by atoms with Crippen LogP contribution < -0.4 is 16.8 Å². The van der Waals surface area contributed by atoms with E-state index in [4.69, 9.17) is 16.2 Å². The molecule has 2 aromatic rings. The van der Waals surface area contributed by atoms with Crippen LogP contribution in [0.3, 0.4) is 0 Å². The molecule has 1 amide bonds. The third-order valence-corrected chi connectivity index (χ3v) is 3.27. The summed E-state index contributed by atoms with van der Waals surface area (Å²) in [7, 11) is 0. The summed E-state index contributed by atoms with van der Waals surface area (Å²) in [6.45, 7) is 0.877. The number of carbonyl (C=O) groups excluding carboxylic acids is 1. The number of benzene rings is 2. The molecule has 116 valence electrons. The zero-order valence-corrected chi connectivity index (χ0v) is 12.4. The lowest BCUT2D eigenvalue weighted by molar-refractivity contribution is 0.147. The maximum absolute atomic E-state index is 11.6. The highest BCUT2D eigenvalue weighted by atomic mass is 16.5. The van der Waals surface area contributed by atoms with Crippen molar-refractivity contribution in [1.29, 1.82) is 0 Å². The summed E-state index contributed by atoms with van der Waals surface area (Å²) in [6.07, 6.45) is 1.02. The van der Waals surface area contributed by atoms with Gasteiger partial charge in [0, 0.05) is 24.3 Å². The van der Waals surface area contributed by atoms with Crippen LogP contribution in [0.4, 0.5) is 16.2 Å². The summed E-state index contributed by atoms with van der Waals surface area (Å²) in [5.41, 5.74) is 14.9. The molecule has 0 atom stereocenters. The maximum atomic E-state index is 11.6. The first-order valence-corrected chi connectivity index (χ1v) is 7.23. The van der Waals surface area contributed by atoms with E-state index in [-0.39, 0.29) is 0 Å². The van der Waals surface area contributed by atoms with E-state index in [1.165, 1.54) is 0 Å². The Kier molecular flexibility index (Phi) is 5.65.